The Kier molecular flexibility index (Phi) is 8.68. The van der Waals surface area contributed by atoms with E-state index in [2.05, 4.69) is 4.98 Å². The number of aromatic nitrogens is 2. The number of rotatable bonds is 9. The number of benzene rings is 1. The molecule has 1 aromatic heterocycles. The van der Waals surface area contributed by atoms with E-state index in [1.54, 1.807) is 12.1 Å². The van der Waals surface area contributed by atoms with E-state index in [1.165, 1.54) is 18.3 Å². The summed E-state index contributed by atoms with van der Waals surface area (Å²) in [7, 11) is -3.14. The van der Waals surface area contributed by atoms with Crippen LogP contribution in [-0.2, 0) is 18.3 Å². The Morgan fingerprint density at radius 3 is 2.72 bits per heavy atom. The molecule has 0 radical (unpaired) electrons. The number of nitrogens with two attached hydrogens (primary N) is 1. The summed E-state index contributed by atoms with van der Waals surface area (Å²) in [6, 6.07) is 5.99. The fraction of sp³-hybridized carbons (Fsp3) is 0.444. The van der Waals surface area contributed by atoms with Gasteiger partial charge in [0, 0.05) is 34.8 Å². The van der Waals surface area contributed by atoms with E-state index in [0.717, 1.165) is 4.57 Å². The first-order chi connectivity index (χ1) is 15.2. The first kappa shape index (κ1) is 25.1. The number of nitrogens with zero attached hydrogens (tertiary/aromatic N) is 2. The van der Waals surface area contributed by atoms with Crippen molar-refractivity contribution in [1.82, 2.24) is 9.55 Å². The lowest BCUT2D eigenvalue weighted by atomic mass is 10.1. The summed E-state index contributed by atoms with van der Waals surface area (Å²) < 4.78 is 29.5. The van der Waals surface area contributed by atoms with Crippen LogP contribution < -0.4 is 11.4 Å². The SMILES string of the molecule is Nc1ccn([C@@H]2O[C@H](CO[PH](=O)O[C@H](CCO)c3cc(Cl)ccc3Cl)[C@@H](O)[C@@H]2O)c(=O)n1. The van der Waals surface area contributed by atoms with Gasteiger partial charge in [-0.2, -0.15) is 4.98 Å². The highest BCUT2D eigenvalue weighted by molar-refractivity contribution is 7.33. The van der Waals surface area contributed by atoms with Gasteiger partial charge >= 0.3 is 13.9 Å². The summed E-state index contributed by atoms with van der Waals surface area (Å²) >= 11 is 12.1. The summed E-state index contributed by atoms with van der Waals surface area (Å²) in [5.74, 6) is -0.00726. The highest BCUT2D eigenvalue weighted by Crippen LogP contribution is 2.39. The van der Waals surface area contributed by atoms with Crippen LogP contribution in [0, 0.1) is 0 Å². The maximum Gasteiger partial charge on any atom is 0.351 e. The molecule has 1 aliphatic heterocycles. The molecule has 0 spiro atoms. The third-order valence-corrected chi connectivity index (χ3v) is 6.22. The number of hydrogen-bond acceptors (Lipinski definition) is 10. The summed E-state index contributed by atoms with van der Waals surface area (Å²) in [4.78, 5) is 15.5. The molecule has 176 valence electrons. The molecule has 11 nitrogen and oxygen atoms in total. The first-order valence-electron chi connectivity index (χ1n) is 9.46. The van der Waals surface area contributed by atoms with Crippen LogP contribution in [0.4, 0.5) is 5.82 Å². The van der Waals surface area contributed by atoms with Crippen molar-refractivity contribution < 1.29 is 33.7 Å². The van der Waals surface area contributed by atoms with Crippen LogP contribution in [0.15, 0.2) is 35.3 Å². The Bertz CT molecular complexity index is 1030. The van der Waals surface area contributed by atoms with Crippen molar-refractivity contribution in [2.24, 2.45) is 0 Å². The van der Waals surface area contributed by atoms with Gasteiger partial charge in [0.25, 0.3) is 0 Å². The fourth-order valence-corrected chi connectivity index (χ4v) is 4.44. The smallest absolute Gasteiger partial charge is 0.351 e. The molecule has 1 saturated heterocycles. The van der Waals surface area contributed by atoms with Crippen LogP contribution in [0.1, 0.15) is 24.3 Å². The van der Waals surface area contributed by atoms with Crippen molar-refractivity contribution in [3.8, 4) is 0 Å². The van der Waals surface area contributed by atoms with Gasteiger partial charge in [0.2, 0.25) is 0 Å². The number of hydrogen-bond donors (Lipinski definition) is 4. The van der Waals surface area contributed by atoms with E-state index in [-0.39, 0.29) is 18.8 Å². The van der Waals surface area contributed by atoms with E-state index in [9.17, 15) is 24.7 Å². The van der Waals surface area contributed by atoms with Crippen molar-refractivity contribution >= 4 is 37.3 Å². The lowest BCUT2D eigenvalue weighted by molar-refractivity contribution is -0.0527. The normalized spacial score (nSPS) is 25.0. The molecular formula is C18H22Cl2N3O8P. The average Bonchev–Trinajstić information content (AvgIpc) is 3.02. The topological polar surface area (TPSA) is 166 Å². The molecule has 2 heterocycles. The zero-order chi connectivity index (χ0) is 23.4. The molecule has 32 heavy (non-hydrogen) atoms. The second kappa shape index (κ2) is 11.1. The standard InChI is InChI=1S/C18H22Cl2N3O8P/c19-9-1-2-11(20)10(7-9)12(4-6-24)31-32(28)29-8-13-15(25)16(26)17(30-13)23-5-3-14(21)22-18(23)27/h1-3,5,7,12-13,15-17,24-26,32H,4,6,8H2,(H2,21,22,27)/t12-,13-,15-,16+,17-/m1/s1. The van der Waals surface area contributed by atoms with Crippen molar-refractivity contribution in [3.63, 3.8) is 0 Å². The number of ether oxygens (including phenoxy) is 1. The molecule has 5 N–H and O–H groups in total. The maximum absolute atomic E-state index is 12.4. The predicted molar refractivity (Wildman–Crippen MR) is 116 cm³/mol. The van der Waals surface area contributed by atoms with Gasteiger partial charge in [0.05, 0.1) is 12.7 Å². The molecule has 1 unspecified atom stereocenters. The van der Waals surface area contributed by atoms with Crippen LogP contribution in [0.3, 0.4) is 0 Å². The molecule has 0 amide bonds. The maximum atomic E-state index is 12.4. The van der Waals surface area contributed by atoms with Gasteiger partial charge in [-0.3, -0.25) is 9.13 Å². The lowest BCUT2D eigenvalue weighted by Gasteiger charge is -2.20. The Morgan fingerprint density at radius 2 is 2.03 bits per heavy atom. The minimum absolute atomic E-state index is 0.00726. The summed E-state index contributed by atoms with van der Waals surface area (Å²) in [6.07, 6.45) is -4.76. The number of nitrogen functional groups attached to an aromatic ring is 1. The Labute approximate surface area is 193 Å². The third-order valence-electron chi connectivity index (χ3n) is 4.76. The zero-order valence-electron chi connectivity index (χ0n) is 16.5. The lowest BCUT2D eigenvalue weighted by Crippen LogP contribution is -2.36. The van der Waals surface area contributed by atoms with Crippen molar-refractivity contribution in [2.75, 3.05) is 18.9 Å². The third kappa shape index (κ3) is 5.88. The van der Waals surface area contributed by atoms with Gasteiger partial charge in [-0.1, -0.05) is 23.2 Å². The van der Waals surface area contributed by atoms with E-state index in [1.807, 2.05) is 0 Å². The minimum atomic E-state index is -3.14. The Balaban J connectivity index is 1.63. The van der Waals surface area contributed by atoms with Gasteiger partial charge in [-0.05, 0) is 24.3 Å². The number of aliphatic hydroxyl groups excluding tert-OH is 3. The summed E-state index contributed by atoms with van der Waals surface area (Å²) in [6.45, 7) is -0.676. The minimum Gasteiger partial charge on any atom is -0.396 e. The molecule has 3 rings (SSSR count). The van der Waals surface area contributed by atoms with Crippen LogP contribution in [0.25, 0.3) is 0 Å². The summed E-state index contributed by atoms with van der Waals surface area (Å²) in [5, 5.41) is 30.5. The van der Waals surface area contributed by atoms with E-state index >= 15 is 0 Å². The van der Waals surface area contributed by atoms with Crippen LogP contribution in [-0.4, -0.2) is 56.4 Å². The van der Waals surface area contributed by atoms with E-state index in [0.29, 0.717) is 15.6 Å². The molecular weight excluding hydrogens is 488 g/mol. The van der Waals surface area contributed by atoms with Crippen LogP contribution in [0.5, 0.6) is 0 Å². The van der Waals surface area contributed by atoms with Crippen molar-refractivity contribution in [1.29, 1.82) is 0 Å². The van der Waals surface area contributed by atoms with Gasteiger partial charge in [-0.15, -0.1) is 0 Å². The zero-order valence-corrected chi connectivity index (χ0v) is 19.0. The fourth-order valence-electron chi connectivity index (χ4n) is 3.17. The monoisotopic (exact) mass is 509 g/mol. The summed E-state index contributed by atoms with van der Waals surface area (Å²) in [5.41, 5.74) is 5.10. The molecule has 14 heteroatoms. The average molecular weight is 510 g/mol. The second-order valence-corrected chi connectivity index (χ2v) is 8.80. The quantitative estimate of drug-likeness (QED) is 0.361. The molecule has 1 fully saturated rings. The Morgan fingerprint density at radius 1 is 1.28 bits per heavy atom. The van der Waals surface area contributed by atoms with Gasteiger partial charge in [0.15, 0.2) is 6.23 Å². The largest absolute Gasteiger partial charge is 0.396 e. The van der Waals surface area contributed by atoms with Gasteiger partial charge in [-0.25, -0.2) is 4.79 Å². The van der Waals surface area contributed by atoms with Gasteiger partial charge in [0.1, 0.15) is 24.1 Å². The molecule has 0 bridgehead atoms. The number of aliphatic hydroxyl groups is 3. The second-order valence-electron chi connectivity index (χ2n) is 6.93. The molecule has 6 atom stereocenters. The molecule has 2 aromatic rings. The van der Waals surface area contributed by atoms with E-state index in [4.69, 9.17) is 42.7 Å². The van der Waals surface area contributed by atoms with Crippen LogP contribution >= 0.6 is 31.5 Å². The number of halogens is 2. The van der Waals surface area contributed by atoms with Crippen molar-refractivity contribution in [2.45, 2.75) is 37.1 Å². The van der Waals surface area contributed by atoms with Crippen LogP contribution in [0.2, 0.25) is 10.0 Å². The molecule has 1 aliphatic rings. The molecule has 0 aliphatic carbocycles. The predicted octanol–water partition coefficient (Wildman–Crippen LogP) is 1.30. The molecule has 0 saturated carbocycles. The highest BCUT2D eigenvalue weighted by Gasteiger charge is 2.44. The van der Waals surface area contributed by atoms with Crippen molar-refractivity contribution in [3.05, 3.63) is 56.6 Å². The highest BCUT2D eigenvalue weighted by atomic mass is 35.5. The van der Waals surface area contributed by atoms with E-state index < -0.39 is 51.2 Å². The Hall–Kier alpha value is -1.53. The number of anilines is 1. The molecule has 1 aromatic carbocycles. The van der Waals surface area contributed by atoms with Gasteiger partial charge < -0.3 is 34.8 Å². The first-order valence-corrected chi connectivity index (χ1v) is 11.4.